The maximum absolute atomic E-state index is 12.8. The molecular formula is C17H23NO3. The summed E-state index contributed by atoms with van der Waals surface area (Å²) >= 11 is 0. The van der Waals surface area contributed by atoms with Gasteiger partial charge in [0.2, 0.25) is 0 Å². The van der Waals surface area contributed by atoms with Gasteiger partial charge < -0.3 is 9.64 Å². The smallest absolute Gasteiger partial charge is 0.310 e. The van der Waals surface area contributed by atoms with Crippen LogP contribution in [0.1, 0.15) is 39.9 Å². The molecule has 1 heterocycles. The Morgan fingerprint density at radius 2 is 1.81 bits per heavy atom. The van der Waals surface area contributed by atoms with Gasteiger partial charge in [-0.05, 0) is 44.7 Å². The number of methoxy groups -OCH3 is 1. The molecule has 0 radical (unpaired) electrons. The molecule has 0 N–H and O–H groups in total. The third-order valence-corrected chi connectivity index (χ3v) is 4.13. The van der Waals surface area contributed by atoms with E-state index < -0.39 is 0 Å². The monoisotopic (exact) mass is 289 g/mol. The van der Waals surface area contributed by atoms with Crippen molar-refractivity contribution in [2.24, 2.45) is 5.92 Å². The maximum Gasteiger partial charge on any atom is 0.310 e. The standard InChI is InChI=1S/C17H23NO3/c1-11-8-12(2)15(13(3)9-11)16(19)18-7-5-6-14(10-18)17(20)21-4/h8-9,14H,5-7,10H2,1-4H3/t14-/m0/s1. The quantitative estimate of drug-likeness (QED) is 0.786. The van der Waals surface area contributed by atoms with Crippen LogP contribution in [0.2, 0.25) is 0 Å². The van der Waals surface area contributed by atoms with Crippen LogP contribution in [-0.2, 0) is 9.53 Å². The number of carbonyl (C=O) groups excluding carboxylic acids is 2. The van der Waals surface area contributed by atoms with Crippen LogP contribution in [0.25, 0.3) is 0 Å². The summed E-state index contributed by atoms with van der Waals surface area (Å²) in [5.74, 6) is -0.387. The fourth-order valence-electron chi connectivity index (χ4n) is 3.20. The first-order chi connectivity index (χ1) is 9.93. The molecule has 4 heteroatoms. The summed E-state index contributed by atoms with van der Waals surface area (Å²) in [5.41, 5.74) is 3.93. The molecule has 4 nitrogen and oxygen atoms in total. The minimum Gasteiger partial charge on any atom is -0.469 e. The molecule has 0 spiro atoms. The SMILES string of the molecule is COC(=O)[C@H]1CCCN(C(=O)c2c(C)cc(C)cc2C)C1. The lowest BCUT2D eigenvalue weighted by Crippen LogP contribution is -2.43. The Balaban J connectivity index is 2.22. The van der Waals surface area contributed by atoms with Crippen molar-refractivity contribution in [3.05, 3.63) is 34.4 Å². The minimum absolute atomic E-state index is 0.0265. The van der Waals surface area contributed by atoms with E-state index >= 15 is 0 Å². The van der Waals surface area contributed by atoms with E-state index in [2.05, 4.69) is 0 Å². The molecule has 1 aromatic rings. The molecule has 1 amide bonds. The Bertz CT molecular complexity index is 542. The Morgan fingerprint density at radius 3 is 2.38 bits per heavy atom. The number of hydrogen-bond donors (Lipinski definition) is 0. The van der Waals surface area contributed by atoms with Crippen molar-refractivity contribution in [3.63, 3.8) is 0 Å². The molecule has 0 unspecified atom stereocenters. The normalized spacial score (nSPS) is 18.5. The number of rotatable bonds is 2. The summed E-state index contributed by atoms with van der Waals surface area (Å²) < 4.78 is 4.81. The van der Waals surface area contributed by atoms with Gasteiger partial charge in [-0.15, -0.1) is 0 Å². The molecule has 21 heavy (non-hydrogen) atoms. The molecule has 114 valence electrons. The van der Waals surface area contributed by atoms with Gasteiger partial charge in [0.15, 0.2) is 0 Å². The Labute approximate surface area is 126 Å². The van der Waals surface area contributed by atoms with Crippen LogP contribution < -0.4 is 0 Å². The van der Waals surface area contributed by atoms with Crippen molar-refractivity contribution in [3.8, 4) is 0 Å². The first-order valence-electron chi connectivity index (χ1n) is 7.39. The topological polar surface area (TPSA) is 46.6 Å². The van der Waals surface area contributed by atoms with Crippen LogP contribution in [0.5, 0.6) is 0 Å². The molecule has 0 aliphatic carbocycles. The average Bonchev–Trinajstić information content (AvgIpc) is 2.45. The predicted octanol–water partition coefficient (Wildman–Crippen LogP) is 2.64. The fraction of sp³-hybridized carbons (Fsp3) is 0.529. The van der Waals surface area contributed by atoms with Gasteiger partial charge in [-0.2, -0.15) is 0 Å². The van der Waals surface area contributed by atoms with Gasteiger partial charge in [0.05, 0.1) is 13.0 Å². The summed E-state index contributed by atoms with van der Waals surface area (Å²) in [6.07, 6.45) is 1.64. The molecule has 0 bridgehead atoms. The molecule has 1 atom stereocenters. The van der Waals surface area contributed by atoms with Crippen molar-refractivity contribution in [1.29, 1.82) is 0 Å². The highest BCUT2D eigenvalue weighted by Crippen LogP contribution is 2.23. The zero-order chi connectivity index (χ0) is 15.6. The molecule has 0 aromatic heterocycles. The number of hydrogen-bond acceptors (Lipinski definition) is 3. The lowest BCUT2D eigenvalue weighted by atomic mass is 9.95. The van der Waals surface area contributed by atoms with E-state index in [9.17, 15) is 9.59 Å². The number of piperidine rings is 1. The van der Waals surface area contributed by atoms with Crippen LogP contribution >= 0.6 is 0 Å². The third-order valence-electron chi connectivity index (χ3n) is 4.13. The average molecular weight is 289 g/mol. The van der Waals surface area contributed by atoms with Crippen LogP contribution in [0, 0.1) is 26.7 Å². The number of ether oxygens (including phenoxy) is 1. The van der Waals surface area contributed by atoms with E-state index in [4.69, 9.17) is 4.74 Å². The van der Waals surface area contributed by atoms with E-state index in [0.717, 1.165) is 35.1 Å². The summed E-state index contributed by atoms with van der Waals surface area (Å²) in [5, 5.41) is 0. The molecule has 1 saturated heterocycles. The second kappa shape index (κ2) is 6.29. The molecule has 1 aromatic carbocycles. The van der Waals surface area contributed by atoms with Gasteiger partial charge in [0, 0.05) is 18.7 Å². The third kappa shape index (κ3) is 3.26. The first kappa shape index (κ1) is 15.5. The molecule has 0 saturated carbocycles. The number of esters is 1. The second-order valence-corrected chi connectivity index (χ2v) is 5.89. The van der Waals surface area contributed by atoms with Crippen LogP contribution in [0.4, 0.5) is 0 Å². The van der Waals surface area contributed by atoms with E-state index in [1.54, 1.807) is 4.90 Å². The van der Waals surface area contributed by atoms with Gasteiger partial charge in [-0.25, -0.2) is 0 Å². The Morgan fingerprint density at radius 1 is 1.19 bits per heavy atom. The summed E-state index contributed by atoms with van der Waals surface area (Å²) in [7, 11) is 1.40. The van der Waals surface area contributed by atoms with Crippen molar-refractivity contribution < 1.29 is 14.3 Å². The number of carbonyl (C=O) groups is 2. The number of benzene rings is 1. The number of aryl methyl sites for hydroxylation is 3. The summed E-state index contributed by atoms with van der Waals surface area (Å²) in [4.78, 5) is 26.3. The zero-order valence-electron chi connectivity index (χ0n) is 13.2. The lowest BCUT2D eigenvalue weighted by Gasteiger charge is -2.32. The molecular weight excluding hydrogens is 266 g/mol. The number of nitrogens with zero attached hydrogens (tertiary/aromatic N) is 1. The highest BCUT2D eigenvalue weighted by Gasteiger charge is 2.30. The van der Waals surface area contributed by atoms with Crippen molar-refractivity contribution >= 4 is 11.9 Å². The van der Waals surface area contributed by atoms with Gasteiger partial charge in [-0.3, -0.25) is 9.59 Å². The van der Waals surface area contributed by atoms with E-state index in [1.165, 1.54) is 7.11 Å². The van der Waals surface area contributed by atoms with Crippen molar-refractivity contribution in [2.75, 3.05) is 20.2 Å². The Kier molecular flexibility index (Phi) is 4.66. The molecule has 1 aliphatic heterocycles. The lowest BCUT2D eigenvalue weighted by molar-refractivity contribution is -0.146. The van der Waals surface area contributed by atoms with Crippen LogP contribution in [0.3, 0.4) is 0 Å². The van der Waals surface area contributed by atoms with Gasteiger partial charge in [0.25, 0.3) is 5.91 Å². The van der Waals surface area contributed by atoms with Crippen LogP contribution in [0.15, 0.2) is 12.1 Å². The molecule has 1 fully saturated rings. The number of likely N-dealkylation sites (tertiary alicyclic amines) is 1. The zero-order valence-corrected chi connectivity index (χ0v) is 13.2. The highest BCUT2D eigenvalue weighted by molar-refractivity contribution is 5.97. The predicted molar refractivity (Wildman–Crippen MR) is 81.3 cm³/mol. The Hall–Kier alpha value is -1.84. The molecule has 2 rings (SSSR count). The van der Waals surface area contributed by atoms with Gasteiger partial charge in [0.1, 0.15) is 0 Å². The fourth-order valence-corrected chi connectivity index (χ4v) is 3.20. The molecule has 1 aliphatic rings. The van der Waals surface area contributed by atoms with E-state index in [-0.39, 0.29) is 17.8 Å². The second-order valence-electron chi connectivity index (χ2n) is 5.89. The van der Waals surface area contributed by atoms with Crippen molar-refractivity contribution in [1.82, 2.24) is 4.90 Å². The van der Waals surface area contributed by atoms with Gasteiger partial charge >= 0.3 is 5.97 Å². The number of amides is 1. The van der Waals surface area contributed by atoms with Crippen molar-refractivity contribution in [2.45, 2.75) is 33.6 Å². The van der Waals surface area contributed by atoms with E-state index in [0.29, 0.717) is 13.1 Å². The largest absolute Gasteiger partial charge is 0.469 e. The maximum atomic E-state index is 12.8. The van der Waals surface area contributed by atoms with Gasteiger partial charge in [-0.1, -0.05) is 17.7 Å². The highest BCUT2D eigenvalue weighted by atomic mass is 16.5. The van der Waals surface area contributed by atoms with E-state index in [1.807, 2.05) is 32.9 Å². The summed E-state index contributed by atoms with van der Waals surface area (Å²) in [6.45, 7) is 7.13. The summed E-state index contributed by atoms with van der Waals surface area (Å²) in [6, 6.07) is 4.06. The van der Waals surface area contributed by atoms with Crippen LogP contribution in [-0.4, -0.2) is 37.0 Å². The minimum atomic E-state index is -0.218. The first-order valence-corrected chi connectivity index (χ1v) is 7.39.